The molecule has 3 aromatic carbocycles. The zero-order valence-corrected chi connectivity index (χ0v) is 30.0. The van der Waals surface area contributed by atoms with Crippen LogP contribution < -0.4 is 14.8 Å². The van der Waals surface area contributed by atoms with Gasteiger partial charge >= 0.3 is 0 Å². The molecule has 0 saturated heterocycles. The van der Waals surface area contributed by atoms with E-state index in [1.54, 1.807) is 58.2 Å². The second kappa shape index (κ2) is 21.1. The minimum atomic E-state index is -3.85. The van der Waals surface area contributed by atoms with Gasteiger partial charge in [0.1, 0.15) is 23.5 Å². The van der Waals surface area contributed by atoms with E-state index in [0.717, 1.165) is 17.6 Å². The van der Waals surface area contributed by atoms with E-state index in [-0.39, 0.29) is 10.3 Å². The standard InChI is InChI=1S/C18H20O2.C12H18N2O3S.3C2H6/c1-18(2,3)16-9-7-14(8-10-16)13-20-17-6-4-5-15(11-17)12-19;1-12(2,3)11(15)14-18(16,17)10-8-6-5-7-9(10)13-4;3*1-2/h4-12H,13H2,1-3H3;5-8,13H,1-4H3,(H,14,15);3*1-2H3. The average molecular weight is 629 g/mol. The lowest BCUT2D eigenvalue weighted by atomic mass is 9.87. The normalized spacial score (nSPS) is 10.4. The van der Waals surface area contributed by atoms with Crippen LogP contribution in [-0.4, -0.2) is 27.7 Å². The summed E-state index contributed by atoms with van der Waals surface area (Å²) in [4.78, 5) is 22.5. The lowest BCUT2D eigenvalue weighted by molar-refractivity contribution is -0.126. The van der Waals surface area contributed by atoms with Crippen LogP contribution in [0.1, 0.15) is 105 Å². The van der Waals surface area contributed by atoms with Crippen molar-refractivity contribution in [1.29, 1.82) is 0 Å². The van der Waals surface area contributed by atoms with Gasteiger partial charge in [0.2, 0.25) is 5.91 Å². The molecule has 0 bridgehead atoms. The van der Waals surface area contributed by atoms with E-state index in [4.69, 9.17) is 4.74 Å². The van der Waals surface area contributed by atoms with Crippen LogP contribution in [0.15, 0.2) is 77.7 Å². The van der Waals surface area contributed by atoms with Gasteiger partial charge in [-0.05, 0) is 40.8 Å². The fraction of sp³-hybridized carbons (Fsp3) is 0.444. The number of rotatable bonds is 7. The van der Waals surface area contributed by atoms with Gasteiger partial charge in [0.25, 0.3) is 10.0 Å². The highest BCUT2D eigenvalue weighted by Crippen LogP contribution is 2.23. The summed E-state index contributed by atoms with van der Waals surface area (Å²) < 4.78 is 32.0. The number of hydrogen-bond acceptors (Lipinski definition) is 6. The maximum atomic E-state index is 12.1. The van der Waals surface area contributed by atoms with E-state index >= 15 is 0 Å². The molecule has 0 aliphatic carbocycles. The molecule has 0 aliphatic rings. The largest absolute Gasteiger partial charge is 0.489 e. The molecular weight excluding hydrogens is 572 g/mol. The van der Waals surface area contributed by atoms with Crippen molar-refractivity contribution in [3.05, 3.63) is 89.5 Å². The number of anilines is 1. The predicted octanol–water partition coefficient (Wildman–Crippen LogP) is 9.03. The van der Waals surface area contributed by atoms with Gasteiger partial charge in [-0.3, -0.25) is 9.59 Å². The fourth-order valence-corrected chi connectivity index (χ4v) is 4.56. The van der Waals surface area contributed by atoms with E-state index in [9.17, 15) is 18.0 Å². The second-order valence-corrected chi connectivity index (χ2v) is 12.5. The van der Waals surface area contributed by atoms with E-state index in [2.05, 4.69) is 55.1 Å². The average Bonchev–Trinajstić information content (AvgIpc) is 3.02. The summed E-state index contributed by atoms with van der Waals surface area (Å²) in [5, 5.41) is 2.78. The summed E-state index contributed by atoms with van der Waals surface area (Å²) in [6.07, 6.45) is 0.824. The molecule has 0 heterocycles. The first kappa shape index (κ1) is 42.5. The first-order valence-corrected chi connectivity index (χ1v) is 16.8. The molecule has 44 heavy (non-hydrogen) atoms. The first-order valence-electron chi connectivity index (χ1n) is 15.3. The number of sulfonamides is 1. The molecule has 0 unspecified atom stereocenters. The molecule has 0 saturated carbocycles. The molecule has 0 atom stereocenters. The number of carbonyl (C=O) groups excluding carboxylic acids is 2. The van der Waals surface area contributed by atoms with Crippen LogP contribution in [0.4, 0.5) is 5.69 Å². The van der Waals surface area contributed by atoms with E-state index in [1.807, 2.05) is 53.7 Å². The van der Waals surface area contributed by atoms with Gasteiger partial charge in [-0.15, -0.1) is 0 Å². The molecular formula is C36H56N2O5S. The molecule has 0 spiro atoms. The molecule has 0 aromatic heterocycles. The Kier molecular flexibility index (Phi) is 20.4. The van der Waals surface area contributed by atoms with Crippen LogP contribution in [0.5, 0.6) is 5.75 Å². The summed E-state index contributed by atoms with van der Waals surface area (Å²) in [5.74, 6) is 0.183. The van der Waals surface area contributed by atoms with Crippen molar-refractivity contribution < 1.29 is 22.7 Å². The van der Waals surface area contributed by atoms with Crippen LogP contribution in [0.2, 0.25) is 0 Å². The van der Waals surface area contributed by atoms with Crippen LogP contribution in [0, 0.1) is 5.41 Å². The van der Waals surface area contributed by atoms with Gasteiger partial charge in [-0.25, -0.2) is 13.1 Å². The van der Waals surface area contributed by atoms with Crippen LogP contribution in [0.25, 0.3) is 0 Å². The zero-order chi connectivity index (χ0) is 34.6. The number of ether oxygens (including phenoxy) is 1. The van der Waals surface area contributed by atoms with Crippen molar-refractivity contribution in [2.45, 2.75) is 100 Å². The third-order valence-corrected chi connectivity index (χ3v) is 6.96. The Morgan fingerprint density at radius 2 is 1.34 bits per heavy atom. The topological polar surface area (TPSA) is 102 Å². The molecule has 3 aromatic rings. The number of aldehydes is 1. The lowest BCUT2D eigenvalue weighted by Gasteiger charge is -2.19. The van der Waals surface area contributed by atoms with Gasteiger partial charge in [0.05, 0.1) is 5.69 Å². The Hall–Kier alpha value is -3.65. The van der Waals surface area contributed by atoms with E-state index in [0.29, 0.717) is 17.9 Å². The van der Waals surface area contributed by atoms with E-state index < -0.39 is 21.3 Å². The second-order valence-electron chi connectivity index (χ2n) is 10.9. The molecule has 0 fully saturated rings. The van der Waals surface area contributed by atoms with Crippen molar-refractivity contribution in [2.75, 3.05) is 12.4 Å². The Morgan fingerprint density at radius 3 is 1.82 bits per heavy atom. The highest BCUT2D eigenvalue weighted by molar-refractivity contribution is 7.90. The number of amides is 1. The highest BCUT2D eigenvalue weighted by atomic mass is 32.2. The summed E-state index contributed by atoms with van der Waals surface area (Å²) in [6.45, 7) is 24.1. The number of hydrogen-bond donors (Lipinski definition) is 2. The Balaban J connectivity index is 0. The van der Waals surface area contributed by atoms with Crippen molar-refractivity contribution in [2.24, 2.45) is 5.41 Å². The van der Waals surface area contributed by atoms with Gasteiger partial charge in [-0.2, -0.15) is 0 Å². The maximum Gasteiger partial charge on any atom is 0.266 e. The highest BCUT2D eigenvalue weighted by Gasteiger charge is 2.28. The monoisotopic (exact) mass is 628 g/mol. The third kappa shape index (κ3) is 15.2. The summed E-state index contributed by atoms with van der Waals surface area (Å²) in [5.41, 5.74) is 2.91. The minimum Gasteiger partial charge on any atom is -0.489 e. The van der Waals surface area contributed by atoms with Gasteiger partial charge < -0.3 is 10.1 Å². The van der Waals surface area contributed by atoms with Crippen molar-refractivity contribution in [3.8, 4) is 5.75 Å². The van der Waals surface area contributed by atoms with Gasteiger partial charge in [-0.1, -0.05) is 132 Å². The van der Waals surface area contributed by atoms with Gasteiger partial charge in [0, 0.05) is 18.0 Å². The Bertz CT molecular complexity index is 1340. The molecule has 2 N–H and O–H groups in total. The molecule has 0 aliphatic heterocycles. The first-order chi connectivity index (χ1) is 20.7. The molecule has 7 nitrogen and oxygen atoms in total. The molecule has 8 heteroatoms. The van der Waals surface area contributed by atoms with Crippen molar-refractivity contribution >= 4 is 27.9 Å². The number of nitrogens with one attached hydrogen (secondary N) is 2. The fourth-order valence-electron chi connectivity index (χ4n) is 3.18. The zero-order valence-electron chi connectivity index (χ0n) is 29.2. The molecule has 1 amide bonds. The summed E-state index contributed by atoms with van der Waals surface area (Å²) >= 11 is 0. The maximum absolute atomic E-state index is 12.1. The Labute approximate surface area is 267 Å². The predicted molar refractivity (Wildman–Crippen MR) is 186 cm³/mol. The number of benzene rings is 3. The van der Waals surface area contributed by atoms with Crippen molar-refractivity contribution in [3.63, 3.8) is 0 Å². The molecule has 3 rings (SSSR count). The summed E-state index contributed by atoms with van der Waals surface area (Å²) in [6, 6.07) is 22.1. The third-order valence-electron chi connectivity index (χ3n) is 5.57. The lowest BCUT2D eigenvalue weighted by Crippen LogP contribution is -2.39. The van der Waals surface area contributed by atoms with Crippen LogP contribution in [-0.2, 0) is 26.8 Å². The Morgan fingerprint density at radius 1 is 0.795 bits per heavy atom. The van der Waals surface area contributed by atoms with Crippen LogP contribution >= 0.6 is 0 Å². The number of carbonyl (C=O) groups is 2. The number of para-hydroxylation sites is 1. The summed E-state index contributed by atoms with van der Waals surface area (Å²) in [7, 11) is -2.22. The quantitative estimate of drug-likeness (QED) is 0.253. The SMILES string of the molecule is CC.CC.CC.CC(C)(C)c1ccc(COc2cccc(C=O)c2)cc1.CNc1ccccc1S(=O)(=O)NC(=O)C(C)(C)C. The minimum absolute atomic E-state index is 0.0603. The molecule has 246 valence electrons. The van der Waals surface area contributed by atoms with Gasteiger partial charge in [0.15, 0.2) is 0 Å². The smallest absolute Gasteiger partial charge is 0.266 e. The van der Waals surface area contributed by atoms with Crippen molar-refractivity contribution in [1.82, 2.24) is 4.72 Å². The van der Waals surface area contributed by atoms with Crippen LogP contribution in [0.3, 0.4) is 0 Å². The molecule has 0 radical (unpaired) electrons. The van der Waals surface area contributed by atoms with E-state index in [1.165, 1.54) is 11.6 Å².